The number of aromatic nitrogens is 2. The van der Waals surface area contributed by atoms with E-state index in [0.717, 1.165) is 21.5 Å². The van der Waals surface area contributed by atoms with E-state index in [1.807, 2.05) is 31.2 Å². The molecule has 0 bridgehead atoms. The minimum Gasteiger partial charge on any atom is -0.236 e. The Bertz CT molecular complexity index is 953. The summed E-state index contributed by atoms with van der Waals surface area (Å²) in [6.07, 6.45) is 2.73. The zero-order valence-corrected chi connectivity index (χ0v) is 13.8. The number of para-hydroxylation sites is 1. The molecular formula is C16H14N2O2S2. The Morgan fingerprint density at radius 1 is 1.00 bits per heavy atom. The van der Waals surface area contributed by atoms with Gasteiger partial charge in [0.1, 0.15) is 11.4 Å². The van der Waals surface area contributed by atoms with Crippen LogP contribution < -0.4 is 0 Å². The highest BCUT2D eigenvalue weighted by Gasteiger charge is 2.15. The van der Waals surface area contributed by atoms with Crippen molar-refractivity contribution in [2.24, 2.45) is 0 Å². The molecule has 0 spiro atoms. The van der Waals surface area contributed by atoms with Crippen molar-refractivity contribution in [1.82, 2.24) is 9.97 Å². The SMILES string of the molecule is Cc1cccc2c(Sc3ccccc3S(C)(=O)=O)ncnc12. The van der Waals surface area contributed by atoms with Crippen molar-refractivity contribution in [3.63, 3.8) is 0 Å². The fourth-order valence-corrected chi connectivity index (χ4v) is 4.47. The monoisotopic (exact) mass is 330 g/mol. The average molecular weight is 330 g/mol. The summed E-state index contributed by atoms with van der Waals surface area (Å²) in [5.41, 5.74) is 1.95. The number of sulfone groups is 1. The number of nitrogens with zero attached hydrogens (tertiary/aromatic N) is 2. The lowest BCUT2D eigenvalue weighted by Gasteiger charge is -2.09. The molecule has 0 N–H and O–H groups in total. The third kappa shape index (κ3) is 2.84. The van der Waals surface area contributed by atoms with Crippen LogP contribution >= 0.6 is 11.8 Å². The third-order valence-corrected chi connectivity index (χ3v) is 5.66. The fourth-order valence-electron chi connectivity index (χ4n) is 2.24. The summed E-state index contributed by atoms with van der Waals surface area (Å²) in [6.45, 7) is 1.99. The van der Waals surface area contributed by atoms with E-state index in [4.69, 9.17) is 0 Å². The van der Waals surface area contributed by atoms with Crippen LogP contribution in [0, 0.1) is 6.92 Å². The van der Waals surface area contributed by atoms with Crippen LogP contribution in [-0.2, 0) is 9.84 Å². The second-order valence-electron chi connectivity index (χ2n) is 4.97. The molecule has 3 aromatic rings. The molecule has 1 aromatic heterocycles. The normalized spacial score (nSPS) is 11.7. The second kappa shape index (κ2) is 5.70. The maximum atomic E-state index is 11.9. The first-order valence-corrected chi connectivity index (χ1v) is 9.35. The van der Waals surface area contributed by atoms with Crippen molar-refractivity contribution in [3.8, 4) is 0 Å². The minimum atomic E-state index is -3.28. The van der Waals surface area contributed by atoms with E-state index in [0.29, 0.717) is 9.79 Å². The van der Waals surface area contributed by atoms with E-state index < -0.39 is 9.84 Å². The Labute approximate surface area is 133 Å². The third-order valence-electron chi connectivity index (χ3n) is 3.29. The van der Waals surface area contributed by atoms with E-state index >= 15 is 0 Å². The number of benzene rings is 2. The van der Waals surface area contributed by atoms with Crippen LogP contribution in [0.15, 0.2) is 63.6 Å². The van der Waals surface area contributed by atoms with Crippen LogP contribution in [-0.4, -0.2) is 24.6 Å². The van der Waals surface area contributed by atoms with Crippen LogP contribution in [0.3, 0.4) is 0 Å². The van der Waals surface area contributed by atoms with E-state index in [1.165, 1.54) is 24.3 Å². The van der Waals surface area contributed by atoms with Crippen molar-refractivity contribution < 1.29 is 8.42 Å². The summed E-state index contributed by atoms with van der Waals surface area (Å²) in [7, 11) is -3.28. The van der Waals surface area contributed by atoms with E-state index in [-0.39, 0.29) is 0 Å². The molecule has 4 nitrogen and oxygen atoms in total. The molecule has 112 valence electrons. The van der Waals surface area contributed by atoms with Crippen molar-refractivity contribution in [2.45, 2.75) is 21.7 Å². The van der Waals surface area contributed by atoms with Crippen LogP contribution in [0.4, 0.5) is 0 Å². The second-order valence-corrected chi connectivity index (χ2v) is 7.99. The zero-order valence-electron chi connectivity index (χ0n) is 12.1. The number of hydrogen-bond acceptors (Lipinski definition) is 5. The van der Waals surface area contributed by atoms with Crippen LogP contribution in [0.1, 0.15) is 5.56 Å². The van der Waals surface area contributed by atoms with Gasteiger partial charge in [-0.05, 0) is 24.6 Å². The molecule has 0 saturated carbocycles. The quantitative estimate of drug-likeness (QED) is 0.688. The average Bonchev–Trinajstić information content (AvgIpc) is 2.48. The minimum absolute atomic E-state index is 0.319. The van der Waals surface area contributed by atoms with Gasteiger partial charge < -0.3 is 0 Å². The predicted octanol–water partition coefficient (Wildman–Crippen LogP) is 3.49. The van der Waals surface area contributed by atoms with Crippen LogP contribution in [0.25, 0.3) is 10.9 Å². The predicted molar refractivity (Wildman–Crippen MR) is 87.9 cm³/mol. The molecule has 0 fully saturated rings. The summed E-state index contributed by atoms with van der Waals surface area (Å²) in [4.78, 5) is 9.63. The van der Waals surface area contributed by atoms with Gasteiger partial charge in [-0.25, -0.2) is 18.4 Å². The highest BCUT2D eigenvalue weighted by Crippen LogP contribution is 2.35. The molecule has 22 heavy (non-hydrogen) atoms. The van der Waals surface area contributed by atoms with Gasteiger partial charge in [-0.15, -0.1) is 0 Å². The molecule has 0 aliphatic carbocycles. The molecule has 0 saturated heterocycles. The Balaban J connectivity index is 2.15. The smallest absolute Gasteiger partial charge is 0.176 e. The summed E-state index contributed by atoms with van der Waals surface area (Å²) < 4.78 is 23.8. The summed E-state index contributed by atoms with van der Waals surface area (Å²) in [5.74, 6) is 0. The summed E-state index contributed by atoms with van der Waals surface area (Å²) in [6, 6.07) is 12.9. The van der Waals surface area contributed by atoms with Gasteiger partial charge >= 0.3 is 0 Å². The Hall–Kier alpha value is -1.92. The lowest BCUT2D eigenvalue weighted by atomic mass is 10.1. The summed E-state index contributed by atoms with van der Waals surface area (Å²) >= 11 is 1.35. The van der Waals surface area contributed by atoms with E-state index in [9.17, 15) is 8.42 Å². The number of fused-ring (bicyclic) bond motifs is 1. The number of aryl methyl sites for hydroxylation is 1. The molecule has 0 aliphatic heterocycles. The fraction of sp³-hybridized carbons (Fsp3) is 0.125. The first-order chi connectivity index (χ1) is 10.5. The zero-order chi connectivity index (χ0) is 15.7. The molecule has 0 radical (unpaired) electrons. The van der Waals surface area contributed by atoms with Gasteiger partial charge in [-0.3, -0.25) is 0 Å². The molecule has 3 rings (SSSR count). The molecule has 0 atom stereocenters. The Kier molecular flexibility index (Phi) is 3.88. The van der Waals surface area contributed by atoms with Gasteiger partial charge in [0.25, 0.3) is 0 Å². The number of rotatable bonds is 3. The van der Waals surface area contributed by atoms with E-state index in [2.05, 4.69) is 9.97 Å². The van der Waals surface area contributed by atoms with Gasteiger partial charge in [0.2, 0.25) is 0 Å². The van der Waals surface area contributed by atoms with Gasteiger partial charge in [-0.1, -0.05) is 42.1 Å². The van der Waals surface area contributed by atoms with Gasteiger partial charge in [0.05, 0.1) is 10.4 Å². The highest BCUT2D eigenvalue weighted by molar-refractivity contribution is 8.00. The first-order valence-electron chi connectivity index (χ1n) is 6.64. The lowest BCUT2D eigenvalue weighted by molar-refractivity contribution is 0.600. The molecule has 1 heterocycles. The molecule has 2 aromatic carbocycles. The first kappa shape index (κ1) is 15.0. The Morgan fingerprint density at radius 3 is 2.55 bits per heavy atom. The van der Waals surface area contributed by atoms with Crippen LogP contribution in [0.5, 0.6) is 0 Å². The highest BCUT2D eigenvalue weighted by atomic mass is 32.2. The van der Waals surface area contributed by atoms with Crippen molar-refractivity contribution in [2.75, 3.05) is 6.26 Å². The van der Waals surface area contributed by atoms with Gasteiger partial charge in [-0.2, -0.15) is 0 Å². The molecule has 0 amide bonds. The van der Waals surface area contributed by atoms with Crippen molar-refractivity contribution in [3.05, 3.63) is 54.4 Å². The van der Waals surface area contributed by atoms with Crippen molar-refractivity contribution >= 4 is 32.5 Å². The molecule has 6 heteroatoms. The van der Waals surface area contributed by atoms with Gasteiger partial charge in [0.15, 0.2) is 9.84 Å². The van der Waals surface area contributed by atoms with E-state index in [1.54, 1.807) is 18.2 Å². The van der Waals surface area contributed by atoms with Crippen LogP contribution in [0.2, 0.25) is 0 Å². The van der Waals surface area contributed by atoms with Gasteiger partial charge in [0, 0.05) is 16.5 Å². The maximum absolute atomic E-state index is 11.9. The number of hydrogen-bond donors (Lipinski definition) is 0. The Morgan fingerprint density at radius 2 is 1.77 bits per heavy atom. The lowest BCUT2D eigenvalue weighted by Crippen LogP contribution is -1.99. The standard InChI is InChI=1S/C16H14N2O2S2/c1-11-6-5-7-12-15(11)17-10-18-16(12)21-13-8-3-4-9-14(13)22(2,19)20/h3-10H,1-2H3. The topological polar surface area (TPSA) is 59.9 Å². The molecular weight excluding hydrogens is 316 g/mol. The molecule has 0 aliphatic rings. The molecule has 0 unspecified atom stereocenters. The van der Waals surface area contributed by atoms with Crippen molar-refractivity contribution in [1.29, 1.82) is 0 Å². The summed E-state index contributed by atoms with van der Waals surface area (Å²) in [5, 5.41) is 1.68. The largest absolute Gasteiger partial charge is 0.236 e. The maximum Gasteiger partial charge on any atom is 0.176 e.